The smallest absolute Gasteiger partial charge is 0.243 e. The Hall–Kier alpha value is -1.34. The lowest BCUT2D eigenvalue weighted by Gasteiger charge is -2.15. The van der Waals surface area contributed by atoms with E-state index in [1.807, 2.05) is 0 Å². The molecule has 1 unspecified atom stereocenters. The van der Waals surface area contributed by atoms with Gasteiger partial charge >= 0.3 is 0 Å². The van der Waals surface area contributed by atoms with Crippen LogP contribution >= 0.6 is 0 Å². The second-order valence-corrected chi connectivity index (χ2v) is 5.34. The quantitative estimate of drug-likeness (QED) is 0.365. The summed E-state index contributed by atoms with van der Waals surface area (Å²) in [4.78, 5) is 17.5. The molecule has 0 aromatic rings. The third-order valence-corrected chi connectivity index (χ3v) is 3.27. The second-order valence-electron chi connectivity index (χ2n) is 5.34. The molecule has 1 aliphatic heterocycles. The Labute approximate surface area is 127 Å². The third kappa shape index (κ3) is 7.87. The fourth-order valence-corrected chi connectivity index (χ4v) is 1.87. The molecular formula is C14H28N4O3. The van der Waals surface area contributed by atoms with Crippen molar-refractivity contribution in [3.63, 3.8) is 0 Å². The molecular weight excluding hydrogens is 272 g/mol. The van der Waals surface area contributed by atoms with E-state index in [0.29, 0.717) is 18.5 Å². The summed E-state index contributed by atoms with van der Waals surface area (Å²) in [5.41, 5.74) is 0. The monoisotopic (exact) mass is 300 g/mol. The van der Waals surface area contributed by atoms with Crippen molar-refractivity contribution in [3.8, 4) is 0 Å². The summed E-state index contributed by atoms with van der Waals surface area (Å²) in [6, 6.07) is 0. The summed E-state index contributed by atoms with van der Waals surface area (Å²) in [6.07, 6.45) is 1.96. The van der Waals surface area contributed by atoms with Crippen molar-refractivity contribution in [2.75, 3.05) is 60.7 Å². The molecule has 122 valence electrons. The Morgan fingerprint density at radius 2 is 2.24 bits per heavy atom. The van der Waals surface area contributed by atoms with Gasteiger partial charge in [-0.05, 0) is 12.8 Å². The van der Waals surface area contributed by atoms with Gasteiger partial charge in [0.2, 0.25) is 5.91 Å². The van der Waals surface area contributed by atoms with Crippen molar-refractivity contribution < 1.29 is 14.3 Å². The highest BCUT2D eigenvalue weighted by Crippen LogP contribution is 2.10. The van der Waals surface area contributed by atoms with Crippen molar-refractivity contribution >= 4 is 11.9 Å². The number of guanidine groups is 1. The largest absolute Gasteiger partial charge is 0.385 e. The molecule has 7 nitrogen and oxygen atoms in total. The maximum absolute atomic E-state index is 11.6. The number of ether oxygens (including phenoxy) is 2. The van der Waals surface area contributed by atoms with Gasteiger partial charge in [-0.1, -0.05) is 0 Å². The summed E-state index contributed by atoms with van der Waals surface area (Å²) in [7, 11) is 5.14. The number of methoxy groups -OCH3 is 1. The van der Waals surface area contributed by atoms with Crippen molar-refractivity contribution in [3.05, 3.63) is 0 Å². The zero-order chi connectivity index (χ0) is 15.5. The Morgan fingerprint density at radius 1 is 1.43 bits per heavy atom. The molecule has 0 aromatic carbocycles. The van der Waals surface area contributed by atoms with Crippen LogP contribution < -0.4 is 10.6 Å². The van der Waals surface area contributed by atoms with Gasteiger partial charge in [0.15, 0.2) is 5.96 Å². The molecule has 1 amide bonds. The molecule has 1 saturated heterocycles. The van der Waals surface area contributed by atoms with E-state index < -0.39 is 0 Å². The predicted molar refractivity (Wildman–Crippen MR) is 82.4 cm³/mol. The molecule has 21 heavy (non-hydrogen) atoms. The number of amides is 1. The molecule has 0 spiro atoms. The fourth-order valence-electron chi connectivity index (χ4n) is 1.87. The minimum absolute atomic E-state index is 0.0165. The number of aliphatic imine (C=N–C) groups is 1. The Kier molecular flexibility index (Phi) is 8.77. The van der Waals surface area contributed by atoms with Crippen LogP contribution in [0.1, 0.15) is 12.8 Å². The summed E-state index contributed by atoms with van der Waals surface area (Å²) < 4.78 is 10.4. The van der Waals surface area contributed by atoms with Crippen LogP contribution in [0.15, 0.2) is 4.99 Å². The first kappa shape index (κ1) is 17.7. The van der Waals surface area contributed by atoms with Crippen molar-refractivity contribution in [2.24, 2.45) is 10.9 Å². The molecule has 0 aliphatic carbocycles. The van der Waals surface area contributed by atoms with E-state index in [1.54, 1.807) is 21.2 Å². The molecule has 1 rings (SSSR count). The predicted octanol–water partition coefficient (Wildman–Crippen LogP) is -0.317. The van der Waals surface area contributed by atoms with Crippen LogP contribution in [-0.4, -0.2) is 77.4 Å². The first-order valence-electron chi connectivity index (χ1n) is 7.42. The fraction of sp³-hybridized carbons (Fsp3) is 0.857. The van der Waals surface area contributed by atoms with Gasteiger partial charge < -0.3 is 25.0 Å². The first-order chi connectivity index (χ1) is 10.1. The zero-order valence-electron chi connectivity index (χ0n) is 13.4. The van der Waals surface area contributed by atoms with Crippen molar-refractivity contribution in [1.29, 1.82) is 0 Å². The van der Waals surface area contributed by atoms with Gasteiger partial charge in [-0.2, -0.15) is 0 Å². The molecule has 0 saturated carbocycles. The van der Waals surface area contributed by atoms with E-state index in [4.69, 9.17) is 9.47 Å². The summed E-state index contributed by atoms with van der Waals surface area (Å²) in [6.45, 7) is 4.05. The number of hydrogen-bond donors (Lipinski definition) is 2. The number of hydrogen-bond acceptors (Lipinski definition) is 4. The second kappa shape index (κ2) is 10.4. The average molecular weight is 300 g/mol. The number of nitrogens with zero attached hydrogens (tertiary/aromatic N) is 2. The Bertz CT molecular complexity index is 328. The average Bonchev–Trinajstić information content (AvgIpc) is 2.98. The van der Waals surface area contributed by atoms with E-state index in [-0.39, 0.29) is 12.5 Å². The van der Waals surface area contributed by atoms with Gasteiger partial charge in [-0.3, -0.25) is 4.79 Å². The lowest BCUT2D eigenvalue weighted by atomic mass is 10.1. The van der Waals surface area contributed by atoms with E-state index in [1.165, 1.54) is 4.90 Å². The summed E-state index contributed by atoms with van der Waals surface area (Å²) in [5.74, 6) is 1.17. The van der Waals surface area contributed by atoms with E-state index in [9.17, 15) is 4.79 Å². The maximum atomic E-state index is 11.6. The minimum atomic E-state index is -0.0165. The molecule has 1 heterocycles. The molecule has 2 N–H and O–H groups in total. The van der Waals surface area contributed by atoms with E-state index in [2.05, 4.69) is 15.6 Å². The van der Waals surface area contributed by atoms with Crippen LogP contribution in [-0.2, 0) is 14.3 Å². The number of carbonyl (C=O) groups excluding carboxylic acids is 1. The molecule has 7 heteroatoms. The third-order valence-electron chi connectivity index (χ3n) is 3.27. The Balaban J connectivity index is 2.39. The lowest BCUT2D eigenvalue weighted by molar-refractivity contribution is -0.127. The van der Waals surface area contributed by atoms with Crippen LogP contribution in [0.4, 0.5) is 0 Å². The van der Waals surface area contributed by atoms with E-state index >= 15 is 0 Å². The normalized spacial score (nSPS) is 18.6. The van der Waals surface area contributed by atoms with Crippen LogP contribution in [0.25, 0.3) is 0 Å². The number of nitrogens with one attached hydrogen (secondary N) is 2. The van der Waals surface area contributed by atoms with Crippen molar-refractivity contribution in [1.82, 2.24) is 15.5 Å². The zero-order valence-corrected chi connectivity index (χ0v) is 13.4. The number of carbonyl (C=O) groups is 1. The van der Waals surface area contributed by atoms with E-state index in [0.717, 1.165) is 39.1 Å². The Morgan fingerprint density at radius 3 is 2.86 bits per heavy atom. The molecule has 1 atom stereocenters. The van der Waals surface area contributed by atoms with Crippen molar-refractivity contribution in [2.45, 2.75) is 12.8 Å². The SMILES string of the molecule is COCCCNC(=NCC(=O)N(C)C)NCC1CCOC1. The number of likely N-dealkylation sites (N-methyl/N-ethyl adjacent to an activating group) is 1. The summed E-state index contributed by atoms with van der Waals surface area (Å²) >= 11 is 0. The first-order valence-corrected chi connectivity index (χ1v) is 7.42. The van der Waals surface area contributed by atoms with Gasteiger partial charge in [0, 0.05) is 53.4 Å². The molecule has 0 bridgehead atoms. The highest BCUT2D eigenvalue weighted by molar-refractivity contribution is 5.84. The van der Waals surface area contributed by atoms with Gasteiger partial charge in [0.05, 0.1) is 6.61 Å². The topological polar surface area (TPSA) is 75.2 Å². The van der Waals surface area contributed by atoms with Gasteiger partial charge in [-0.15, -0.1) is 0 Å². The molecule has 0 radical (unpaired) electrons. The van der Waals surface area contributed by atoms with Crippen LogP contribution in [0.2, 0.25) is 0 Å². The lowest BCUT2D eigenvalue weighted by Crippen LogP contribution is -2.41. The highest BCUT2D eigenvalue weighted by Gasteiger charge is 2.15. The number of rotatable bonds is 8. The van der Waals surface area contributed by atoms with Gasteiger partial charge in [-0.25, -0.2) is 4.99 Å². The summed E-state index contributed by atoms with van der Waals surface area (Å²) in [5, 5.41) is 6.50. The van der Waals surface area contributed by atoms with Crippen LogP contribution in [0, 0.1) is 5.92 Å². The minimum Gasteiger partial charge on any atom is -0.385 e. The maximum Gasteiger partial charge on any atom is 0.243 e. The molecule has 1 fully saturated rings. The highest BCUT2D eigenvalue weighted by atomic mass is 16.5. The standard InChI is InChI=1S/C14H28N4O3/c1-18(2)13(19)10-17-14(15-6-4-7-20-3)16-9-12-5-8-21-11-12/h12H,4-11H2,1-3H3,(H2,15,16,17). The van der Waals surface area contributed by atoms with Gasteiger partial charge in [0.1, 0.15) is 6.54 Å². The molecule has 0 aromatic heterocycles. The van der Waals surface area contributed by atoms with Crippen LogP contribution in [0.3, 0.4) is 0 Å². The molecule has 1 aliphatic rings. The van der Waals surface area contributed by atoms with Crippen LogP contribution in [0.5, 0.6) is 0 Å². The van der Waals surface area contributed by atoms with Gasteiger partial charge in [0.25, 0.3) is 0 Å².